The molecule has 2 saturated heterocycles. The maximum Gasteiger partial charge on any atom is 0.150 e. The summed E-state index contributed by atoms with van der Waals surface area (Å²) in [6, 6.07) is 2.38. The Hall–Kier alpha value is -1.41. The van der Waals surface area contributed by atoms with Crippen molar-refractivity contribution in [2.45, 2.75) is 25.3 Å². The van der Waals surface area contributed by atoms with E-state index in [4.69, 9.17) is 0 Å². The van der Waals surface area contributed by atoms with Crippen molar-refractivity contribution in [1.29, 1.82) is 0 Å². The first-order valence-electron chi connectivity index (χ1n) is 8.60. The summed E-state index contributed by atoms with van der Waals surface area (Å²) in [4.78, 5) is 12.9. The number of nitrogens with zero attached hydrogens (tertiary/aromatic N) is 4. The van der Waals surface area contributed by atoms with Gasteiger partial charge in [0.1, 0.15) is 18.0 Å². The lowest BCUT2D eigenvalue weighted by molar-refractivity contribution is 0.194. The molecule has 3 rings (SSSR count). The second kappa shape index (κ2) is 7.23. The van der Waals surface area contributed by atoms with Crippen LogP contribution in [0.15, 0.2) is 12.4 Å². The molecule has 1 aromatic heterocycles. The van der Waals surface area contributed by atoms with Crippen molar-refractivity contribution in [1.82, 2.24) is 14.9 Å². The van der Waals surface area contributed by atoms with E-state index in [1.807, 2.05) is 25.1 Å². The number of likely N-dealkylation sites (tertiary alicyclic amines) is 1. The van der Waals surface area contributed by atoms with Crippen LogP contribution in [0.3, 0.4) is 0 Å². The Labute approximate surface area is 144 Å². The minimum atomic E-state index is -2.77. The molecule has 1 aromatic rings. The van der Waals surface area contributed by atoms with Crippen LogP contribution < -0.4 is 10.2 Å². The largest absolute Gasteiger partial charge is 0.367 e. The summed E-state index contributed by atoms with van der Waals surface area (Å²) >= 11 is 0. The smallest absolute Gasteiger partial charge is 0.150 e. The van der Waals surface area contributed by atoms with Crippen LogP contribution in [0, 0.1) is 5.92 Å². The molecule has 0 aliphatic carbocycles. The maximum atomic E-state index is 11.6. The molecular formula is C16H27N5O2S. The molecule has 134 valence electrons. The SMILES string of the molecule is CN(C)c1cc(NC2CCN(CC3CCS(=O)(=O)C3)CC2)ncn1. The highest BCUT2D eigenvalue weighted by Crippen LogP contribution is 2.22. The summed E-state index contributed by atoms with van der Waals surface area (Å²) in [7, 11) is 1.17. The molecule has 1 N–H and O–H groups in total. The van der Waals surface area contributed by atoms with E-state index in [0.29, 0.717) is 23.5 Å². The molecule has 1 unspecified atom stereocenters. The highest BCUT2D eigenvalue weighted by Gasteiger charge is 2.30. The Morgan fingerprint density at radius 2 is 2.00 bits per heavy atom. The van der Waals surface area contributed by atoms with Gasteiger partial charge in [0.2, 0.25) is 0 Å². The van der Waals surface area contributed by atoms with Gasteiger partial charge in [-0.3, -0.25) is 0 Å². The van der Waals surface area contributed by atoms with Gasteiger partial charge in [0, 0.05) is 45.8 Å². The third-order valence-electron chi connectivity index (χ3n) is 4.89. The minimum absolute atomic E-state index is 0.323. The van der Waals surface area contributed by atoms with Gasteiger partial charge in [0.15, 0.2) is 9.84 Å². The lowest BCUT2D eigenvalue weighted by Gasteiger charge is -2.33. The molecule has 2 fully saturated rings. The molecule has 3 heterocycles. The highest BCUT2D eigenvalue weighted by molar-refractivity contribution is 7.91. The van der Waals surface area contributed by atoms with E-state index in [-0.39, 0.29) is 0 Å². The first kappa shape index (κ1) is 17.4. The molecular weight excluding hydrogens is 326 g/mol. The van der Waals surface area contributed by atoms with Gasteiger partial charge in [-0.05, 0) is 25.2 Å². The van der Waals surface area contributed by atoms with Gasteiger partial charge in [-0.1, -0.05) is 0 Å². The number of rotatable bonds is 5. The van der Waals surface area contributed by atoms with Crippen molar-refractivity contribution in [2.75, 3.05) is 55.5 Å². The van der Waals surface area contributed by atoms with Crippen molar-refractivity contribution in [3.63, 3.8) is 0 Å². The molecule has 0 spiro atoms. The second-order valence-electron chi connectivity index (χ2n) is 7.14. The van der Waals surface area contributed by atoms with Crippen LogP contribution in [0.25, 0.3) is 0 Å². The van der Waals surface area contributed by atoms with Crippen LogP contribution in [0.2, 0.25) is 0 Å². The number of piperidine rings is 1. The lowest BCUT2D eigenvalue weighted by Crippen LogP contribution is -2.41. The van der Waals surface area contributed by atoms with Crippen LogP contribution in [0.5, 0.6) is 0 Å². The predicted molar refractivity (Wildman–Crippen MR) is 96.2 cm³/mol. The topological polar surface area (TPSA) is 78.4 Å². The Kier molecular flexibility index (Phi) is 5.24. The summed E-state index contributed by atoms with van der Waals surface area (Å²) in [6.45, 7) is 2.95. The van der Waals surface area contributed by atoms with E-state index in [2.05, 4.69) is 20.2 Å². The monoisotopic (exact) mass is 353 g/mol. The van der Waals surface area contributed by atoms with E-state index >= 15 is 0 Å². The maximum absolute atomic E-state index is 11.6. The van der Waals surface area contributed by atoms with Crippen LogP contribution in [0.1, 0.15) is 19.3 Å². The van der Waals surface area contributed by atoms with Gasteiger partial charge in [-0.2, -0.15) is 0 Å². The first-order chi connectivity index (χ1) is 11.4. The average Bonchev–Trinajstić information content (AvgIpc) is 2.88. The van der Waals surface area contributed by atoms with Gasteiger partial charge < -0.3 is 15.1 Å². The molecule has 24 heavy (non-hydrogen) atoms. The van der Waals surface area contributed by atoms with Crippen molar-refractivity contribution < 1.29 is 8.42 Å². The third kappa shape index (κ3) is 4.57. The normalized spacial score (nSPS) is 24.8. The summed E-state index contributed by atoms with van der Waals surface area (Å²) in [5.74, 6) is 2.84. The van der Waals surface area contributed by atoms with Gasteiger partial charge in [-0.25, -0.2) is 18.4 Å². The molecule has 1 atom stereocenters. The molecule has 0 aromatic carbocycles. The molecule has 7 nitrogen and oxygen atoms in total. The van der Waals surface area contributed by atoms with Crippen LogP contribution in [0.4, 0.5) is 11.6 Å². The van der Waals surface area contributed by atoms with Crippen molar-refractivity contribution >= 4 is 21.5 Å². The number of aromatic nitrogens is 2. The molecule has 0 amide bonds. The zero-order chi connectivity index (χ0) is 17.2. The quantitative estimate of drug-likeness (QED) is 0.841. The standard InChI is InChI=1S/C16H27N5O2S/c1-20(2)16-9-15(17-12-18-16)19-14-3-6-21(7-4-14)10-13-5-8-24(22,23)11-13/h9,12-14H,3-8,10-11H2,1-2H3,(H,17,18,19). The zero-order valence-corrected chi connectivity index (χ0v) is 15.3. The average molecular weight is 353 g/mol. The Balaban J connectivity index is 1.46. The first-order valence-corrected chi connectivity index (χ1v) is 10.4. The van der Waals surface area contributed by atoms with Gasteiger partial charge in [0.25, 0.3) is 0 Å². The Morgan fingerprint density at radius 3 is 2.62 bits per heavy atom. The van der Waals surface area contributed by atoms with Crippen molar-refractivity contribution in [3.05, 3.63) is 12.4 Å². The predicted octanol–water partition coefficient (Wildman–Crippen LogP) is 0.854. The van der Waals surface area contributed by atoms with E-state index in [1.54, 1.807) is 6.33 Å². The van der Waals surface area contributed by atoms with Crippen molar-refractivity contribution in [3.8, 4) is 0 Å². The summed E-state index contributed by atoms with van der Waals surface area (Å²) < 4.78 is 23.1. The van der Waals surface area contributed by atoms with E-state index in [1.165, 1.54) is 0 Å². The summed E-state index contributed by atoms with van der Waals surface area (Å²) in [5, 5.41) is 3.50. The number of nitrogens with one attached hydrogen (secondary N) is 1. The number of anilines is 2. The Bertz CT molecular complexity index is 656. The Morgan fingerprint density at radius 1 is 1.25 bits per heavy atom. The molecule has 2 aliphatic heterocycles. The molecule has 0 bridgehead atoms. The minimum Gasteiger partial charge on any atom is -0.367 e. The molecule has 0 radical (unpaired) electrons. The number of sulfone groups is 1. The number of hydrogen-bond acceptors (Lipinski definition) is 7. The fourth-order valence-electron chi connectivity index (χ4n) is 3.52. The van der Waals surface area contributed by atoms with E-state index in [0.717, 1.165) is 50.5 Å². The third-order valence-corrected chi connectivity index (χ3v) is 6.73. The molecule has 0 saturated carbocycles. The highest BCUT2D eigenvalue weighted by atomic mass is 32.2. The zero-order valence-electron chi connectivity index (χ0n) is 14.5. The van der Waals surface area contributed by atoms with Gasteiger partial charge in [-0.15, -0.1) is 0 Å². The van der Waals surface area contributed by atoms with E-state index < -0.39 is 9.84 Å². The van der Waals surface area contributed by atoms with E-state index in [9.17, 15) is 8.42 Å². The van der Waals surface area contributed by atoms with Gasteiger partial charge >= 0.3 is 0 Å². The summed E-state index contributed by atoms with van der Waals surface area (Å²) in [6.07, 6.45) is 4.53. The van der Waals surface area contributed by atoms with Crippen molar-refractivity contribution in [2.24, 2.45) is 5.92 Å². The molecule has 2 aliphatic rings. The number of hydrogen-bond donors (Lipinski definition) is 1. The second-order valence-corrected chi connectivity index (χ2v) is 9.37. The van der Waals surface area contributed by atoms with Crippen LogP contribution in [-0.4, -0.2) is 74.6 Å². The summed E-state index contributed by atoms with van der Waals surface area (Å²) in [5.41, 5.74) is 0. The fraction of sp³-hybridized carbons (Fsp3) is 0.750. The van der Waals surface area contributed by atoms with Gasteiger partial charge in [0.05, 0.1) is 11.5 Å². The molecule has 8 heteroatoms. The van der Waals surface area contributed by atoms with Crippen LogP contribution in [-0.2, 0) is 9.84 Å². The van der Waals surface area contributed by atoms with Crippen LogP contribution >= 0.6 is 0 Å². The fourth-order valence-corrected chi connectivity index (χ4v) is 5.37. The lowest BCUT2D eigenvalue weighted by atomic mass is 10.0.